The number of Topliss-reactive ketones (excluding diaryl/α,β-unsaturated/α-hetero) is 1. The van der Waals surface area contributed by atoms with Gasteiger partial charge in [0, 0.05) is 6.42 Å². The van der Waals surface area contributed by atoms with E-state index in [4.69, 9.17) is 10.8 Å². The Hall–Kier alpha value is -1.43. The Morgan fingerprint density at radius 1 is 1.43 bits per heavy atom. The standard InChI is InChI=1S/C8H14N2O4/c1-5(11)4-10-6(8(13)14)2-3-7(9)12/h6,10H,2-4H2,1H3,(H2,9,12)(H,13,14). The summed E-state index contributed by atoms with van der Waals surface area (Å²) in [4.78, 5) is 31.6. The van der Waals surface area contributed by atoms with Gasteiger partial charge in [0.15, 0.2) is 0 Å². The molecule has 0 radical (unpaired) electrons. The van der Waals surface area contributed by atoms with Gasteiger partial charge in [-0.3, -0.25) is 19.7 Å². The molecule has 14 heavy (non-hydrogen) atoms. The van der Waals surface area contributed by atoms with Crippen LogP contribution in [0.25, 0.3) is 0 Å². The van der Waals surface area contributed by atoms with Crippen LogP contribution in [0.4, 0.5) is 0 Å². The number of rotatable bonds is 7. The Morgan fingerprint density at radius 2 is 2.00 bits per heavy atom. The monoisotopic (exact) mass is 202 g/mol. The summed E-state index contributed by atoms with van der Waals surface area (Å²) in [6.45, 7) is 1.33. The smallest absolute Gasteiger partial charge is 0.320 e. The second-order valence-electron chi connectivity index (χ2n) is 2.98. The maximum Gasteiger partial charge on any atom is 0.320 e. The van der Waals surface area contributed by atoms with Crippen LogP contribution in [0.15, 0.2) is 0 Å². The van der Waals surface area contributed by atoms with Crippen molar-refractivity contribution < 1.29 is 19.5 Å². The molecular formula is C8H14N2O4. The number of aliphatic carboxylic acids is 1. The van der Waals surface area contributed by atoms with Gasteiger partial charge in [-0.25, -0.2) is 0 Å². The van der Waals surface area contributed by atoms with Crippen molar-refractivity contribution in [2.75, 3.05) is 6.54 Å². The maximum atomic E-state index is 10.6. The molecule has 6 nitrogen and oxygen atoms in total. The summed E-state index contributed by atoms with van der Waals surface area (Å²) in [6.07, 6.45) is 0.0832. The molecule has 1 amide bonds. The lowest BCUT2D eigenvalue weighted by Gasteiger charge is -2.11. The average molecular weight is 202 g/mol. The van der Waals surface area contributed by atoms with Crippen molar-refractivity contribution in [1.82, 2.24) is 5.32 Å². The third-order valence-electron chi connectivity index (χ3n) is 1.57. The fourth-order valence-electron chi connectivity index (χ4n) is 0.866. The molecule has 0 saturated carbocycles. The lowest BCUT2D eigenvalue weighted by Crippen LogP contribution is -2.39. The predicted octanol–water partition coefficient (Wildman–Crippen LogP) is -1.12. The number of amides is 1. The van der Waals surface area contributed by atoms with E-state index in [9.17, 15) is 14.4 Å². The molecular weight excluding hydrogens is 188 g/mol. The molecule has 0 saturated heterocycles. The van der Waals surface area contributed by atoms with Crippen LogP contribution in [-0.2, 0) is 14.4 Å². The lowest BCUT2D eigenvalue weighted by atomic mass is 10.1. The molecule has 6 heteroatoms. The van der Waals surface area contributed by atoms with Crippen LogP contribution in [0.5, 0.6) is 0 Å². The highest BCUT2D eigenvalue weighted by Gasteiger charge is 2.17. The van der Waals surface area contributed by atoms with Crippen molar-refractivity contribution in [2.24, 2.45) is 5.73 Å². The first kappa shape index (κ1) is 12.6. The average Bonchev–Trinajstić information content (AvgIpc) is 2.02. The molecule has 0 aliphatic carbocycles. The van der Waals surface area contributed by atoms with E-state index >= 15 is 0 Å². The minimum absolute atomic E-state index is 0.0120. The number of carbonyl (C=O) groups is 3. The first-order chi connectivity index (χ1) is 6.43. The summed E-state index contributed by atoms with van der Waals surface area (Å²) in [5.74, 6) is -1.80. The molecule has 0 aliphatic rings. The highest BCUT2D eigenvalue weighted by atomic mass is 16.4. The zero-order chi connectivity index (χ0) is 11.1. The second-order valence-corrected chi connectivity index (χ2v) is 2.98. The second kappa shape index (κ2) is 6.09. The fourth-order valence-corrected chi connectivity index (χ4v) is 0.866. The van der Waals surface area contributed by atoms with Gasteiger partial charge in [-0.15, -0.1) is 0 Å². The number of primary amides is 1. The highest BCUT2D eigenvalue weighted by molar-refractivity contribution is 5.80. The van der Waals surface area contributed by atoms with Gasteiger partial charge in [0.25, 0.3) is 0 Å². The Morgan fingerprint density at radius 3 is 2.36 bits per heavy atom. The topological polar surface area (TPSA) is 109 Å². The molecule has 0 aromatic carbocycles. The summed E-state index contributed by atoms with van der Waals surface area (Å²) in [6, 6.07) is -0.897. The van der Waals surface area contributed by atoms with Crippen molar-refractivity contribution in [3.63, 3.8) is 0 Å². The molecule has 0 spiro atoms. The van der Waals surface area contributed by atoms with E-state index in [2.05, 4.69) is 5.32 Å². The number of nitrogens with one attached hydrogen (secondary N) is 1. The lowest BCUT2D eigenvalue weighted by molar-refractivity contribution is -0.139. The molecule has 0 rings (SSSR count). The van der Waals surface area contributed by atoms with Crippen molar-refractivity contribution in [1.29, 1.82) is 0 Å². The molecule has 1 unspecified atom stereocenters. The van der Waals surface area contributed by atoms with E-state index in [1.54, 1.807) is 0 Å². The fraction of sp³-hybridized carbons (Fsp3) is 0.625. The van der Waals surface area contributed by atoms with E-state index in [0.29, 0.717) is 0 Å². The third-order valence-corrected chi connectivity index (χ3v) is 1.57. The summed E-state index contributed by atoms with van der Waals surface area (Å²) >= 11 is 0. The minimum Gasteiger partial charge on any atom is -0.480 e. The summed E-state index contributed by atoms with van der Waals surface area (Å²) in [5.41, 5.74) is 4.87. The number of carboxylic acids is 1. The van der Waals surface area contributed by atoms with Gasteiger partial charge in [-0.05, 0) is 13.3 Å². The van der Waals surface area contributed by atoms with Gasteiger partial charge in [0.05, 0.1) is 6.54 Å². The van der Waals surface area contributed by atoms with Gasteiger partial charge < -0.3 is 10.8 Å². The molecule has 1 atom stereocenters. The number of nitrogens with two attached hydrogens (primary N) is 1. The van der Waals surface area contributed by atoms with Crippen LogP contribution in [0, 0.1) is 0 Å². The first-order valence-corrected chi connectivity index (χ1v) is 4.17. The van der Waals surface area contributed by atoms with Gasteiger partial charge >= 0.3 is 5.97 Å². The van der Waals surface area contributed by atoms with E-state index < -0.39 is 17.9 Å². The van der Waals surface area contributed by atoms with Crippen LogP contribution in [0.3, 0.4) is 0 Å². The normalized spacial score (nSPS) is 12.1. The first-order valence-electron chi connectivity index (χ1n) is 4.17. The number of carboxylic acid groups (broad SMARTS) is 1. The van der Waals surface area contributed by atoms with Crippen LogP contribution < -0.4 is 11.1 Å². The maximum absolute atomic E-state index is 10.6. The molecule has 0 bridgehead atoms. The summed E-state index contributed by atoms with van der Waals surface area (Å²) in [7, 11) is 0. The largest absolute Gasteiger partial charge is 0.480 e. The van der Waals surface area contributed by atoms with Gasteiger partial charge in [-0.2, -0.15) is 0 Å². The molecule has 0 aromatic rings. The molecule has 0 fully saturated rings. The van der Waals surface area contributed by atoms with E-state index in [0.717, 1.165) is 0 Å². The van der Waals surface area contributed by atoms with Crippen molar-refractivity contribution in [3.05, 3.63) is 0 Å². The van der Waals surface area contributed by atoms with Crippen LogP contribution in [-0.4, -0.2) is 35.4 Å². The Balaban J connectivity index is 3.96. The molecule has 0 heterocycles. The Labute approximate surface area is 81.5 Å². The summed E-state index contributed by atoms with van der Waals surface area (Å²) in [5, 5.41) is 11.2. The summed E-state index contributed by atoms with van der Waals surface area (Å²) < 4.78 is 0. The van der Waals surface area contributed by atoms with Gasteiger partial charge in [0.1, 0.15) is 11.8 Å². The van der Waals surface area contributed by atoms with Crippen molar-refractivity contribution in [3.8, 4) is 0 Å². The Kier molecular flexibility index (Phi) is 5.47. The van der Waals surface area contributed by atoms with E-state index in [-0.39, 0.29) is 25.2 Å². The van der Waals surface area contributed by atoms with Crippen molar-refractivity contribution in [2.45, 2.75) is 25.8 Å². The predicted molar refractivity (Wildman–Crippen MR) is 48.5 cm³/mol. The van der Waals surface area contributed by atoms with Crippen molar-refractivity contribution >= 4 is 17.7 Å². The minimum atomic E-state index is -1.09. The molecule has 0 aliphatic heterocycles. The Bertz CT molecular complexity index is 221. The van der Waals surface area contributed by atoms with Gasteiger partial charge in [0.2, 0.25) is 5.91 Å². The third kappa shape index (κ3) is 6.13. The molecule has 0 aromatic heterocycles. The molecule has 80 valence electrons. The SMILES string of the molecule is CC(=O)CNC(CCC(N)=O)C(=O)O. The van der Waals surface area contributed by atoms with Gasteiger partial charge in [-0.1, -0.05) is 0 Å². The number of carbonyl (C=O) groups excluding carboxylic acids is 2. The highest BCUT2D eigenvalue weighted by Crippen LogP contribution is 1.96. The van der Waals surface area contributed by atoms with Crippen LogP contribution in [0.1, 0.15) is 19.8 Å². The van der Waals surface area contributed by atoms with Crippen LogP contribution >= 0.6 is 0 Å². The number of ketones is 1. The van der Waals surface area contributed by atoms with E-state index in [1.807, 2.05) is 0 Å². The van der Waals surface area contributed by atoms with Crippen LogP contribution in [0.2, 0.25) is 0 Å². The number of hydrogen-bond acceptors (Lipinski definition) is 4. The molecule has 4 N–H and O–H groups in total. The van der Waals surface area contributed by atoms with E-state index in [1.165, 1.54) is 6.92 Å². The zero-order valence-electron chi connectivity index (χ0n) is 7.95. The quantitative estimate of drug-likeness (QED) is 0.484. The number of hydrogen-bond donors (Lipinski definition) is 3. The zero-order valence-corrected chi connectivity index (χ0v) is 7.95.